The van der Waals surface area contributed by atoms with Crippen LogP contribution in [-0.4, -0.2) is 78.3 Å². The molecular weight excluding hydrogens is 306 g/mol. The minimum absolute atomic E-state index is 0.590. The maximum atomic E-state index is 10.9. The average molecular weight is 333 g/mol. The maximum Gasteiger partial charge on any atom is 0.407 e. The molecule has 2 aliphatic rings. The Bertz CT molecular complexity index is 521. The second kappa shape index (κ2) is 8.35. The molecule has 3 rings (SSSR count). The van der Waals surface area contributed by atoms with Gasteiger partial charge in [-0.1, -0.05) is 12.1 Å². The van der Waals surface area contributed by atoms with Crippen molar-refractivity contribution in [2.24, 2.45) is 0 Å². The summed E-state index contributed by atoms with van der Waals surface area (Å²) in [5.74, 6) is 0.925. The number of hydrogen-bond donors (Lipinski definition) is 1. The highest BCUT2D eigenvalue weighted by Gasteiger charge is 2.20. The van der Waals surface area contributed by atoms with E-state index in [1.807, 2.05) is 12.1 Å². The molecule has 2 heterocycles. The van der Waals surface area contributed by atoms with E-state index in [2.05, 4.69) is 21.9 Å². The Kier molecular flexibility index (Phi) is 5.93. The number of nitrogens with zero attached hydrogens (tertiary/aromatic N) is 3. The molecule has 1 N–H and O–H groups in total. The normalized spacial score (nSPS) is 19.6. The Morgan fingerprint density at radius 1 is 0.958 bits per heavy atom. The third kappa shape index (κ3) is 4.85. The first-order chi connectivity index (χ1) is 11.7. The van der Waals surface area contributed by atoms with Crippen molar-refractivity contribution in [1.82, 2.24) is 14.7 Å². The zero-order valence-electron chi connectivity index (χ0n) is 14.2. The number of carboxylic acid groups (broad SMARTS) is 1. The standard InChI is InChI=1S/C18H27N3O3/c22-18(23)21-11-9-20(10-12-21)15-16-3-5-17(6-4-16)24-14-13-19-7-1-2-8-19/h3-6H,1-2,7-15H2,(H,22,23). The van der Waals surface area contributed by atoms with Crippen molar-refractivity contribution in [1.29, 1.82) is 0 Å². The lowest BCUT2D eigenvalue weighted by Gasteiger charge is -2.33. The van der Waals surface area contributed by atoms with Gasteiger partial charge in [0.15, 0.2) is 0 Å². The van der Waals surface area contributed by atoms with E-state index in [0.717, 1.165) is 38.5 Å². The van der Waals surface area contributed by atoms with Crippen molar-refractivity contribution in [3.05, 3.63) is 29.8 Å². The molecular formula is C18H27N3O3. The molecule has 6 nitrogen and oxygen atoms in total. The lowest BCUT2D eigenvalue weighted by molar-refractivity contribution is 0.103. The summed E-state index contributed by atoms with van der Waals surface area (Å²) in [5.41, 5.74) is 1.24. The fourth-order valence-electron chi connectivity index (χ4n) is 3.35. The van der Waals surface area contributed by atoms with Gasteiger partial charge in [0.2, 0.25) is 0 Å². The Morgan fingerprint density at radius 3 is 2.25 bits per heavy atom. The third-order valence-electron chi connectivity index (χ3n) is 4.85. The van der Waals surface area contributed by atoms with E-state index in [1.165, 1.54) is 36.4 Å². The van der Waals surface area contributed by atoms with Gasteiger partial charge >= 0.3 is 6.09 Å². The van der Waals surface area contributed by atoms with Crippen molar-refractivity contribution in [3.63, 3.8) is 0 Å². The number of likely N-dealkylation sites (tertiary alicyclic amines) is 1. The smallest absolute Gasteiger partial charge is 0.407 e. The summed E-state index contributed by atoms with van der Waals surface area (Å²) in [7, 11) is 0. The van der Waals surface area contributed by atoms with Gasteiger partial charge in [0.25, 0.3) is 0 Å². The quantitative estimate of drug-likeness (QED) is 0.862. The van der Waals surface area contributed by atoms with Gasteiger partial charge in [0, 0.05) is 39.3 Å². The van der Waals surface area contributed by atoms with Crippen LogP contribution in [0.2, 0.25) is 0 Å². The van der Waals surface area contributed by atoms with Crippen LogP contribution in [0, 0.1) is 0 Å². The molecule has 0 aromatic heterocycles. The summed E-state index contributed by atoms with van der Waals surface area (Å²) in [6.07, 6.45) is 1.82. The van der Waals surface area contributed by atoms with Gasteiger partial charge in [-0.2, -0.15) is 0 Å². The first-order valence-corrected chi connectivity index (χ1v) is 8.85. The fraction of sp³-hybridized carbons (Fsp3) is 0.611. The molecule has 0 radical (unpaired) electrons. The number of hydrogen-bond acceptors (Lipinski definition) is 4. The summed E-state index contributed by atoms with van der Waals surface area (Å²) in [4.78, 5) is 17.1. The molecule has 24 heavy (non-hydrogen) atoms. The van der Waals surface area contributed by atoms with E-state index in [0.29, 0.717) is 13.1 Å². The van der Waals surface area contributed by atoms with Crippen molar-refractivity contribution in [3.8, 4) is 5.75 Å². The lowest BCUT2D eigenvalue weighted by atomic mass is 10.2. The Morgan fingerprint density at radius 2 is 1.62 bits per heavy atom. The number of amides is 1. The van der Waals surface area contributed by atoms with Crippen LogP contribution in [-0.2, 0) is 6.54 Å². The molecule has 2 aliphatic heterocycles. The van der Waals surface area contributed by atoms with Crippen LogP contribution in [0.5, 0.6) is 5.75 Å². The predicted molar refractivity (Wildman–Crippen MR) is 92.5 cm³/mol. The van der Waals surface area contributed by atoms with E-state index in [9.17, 15) is 4.79 Å². The van der Waals surface area contributed by atoms with E-state index in [4.69, 9.17) is 9.84 Å². The molecule has 0 bridgehead atoms. The minimum Gasteiger partial charge on any atom is -0.492 e. The number of carbonyl (C=O) groups is 1. The van der Waals surface area contributed by atoms with Gasteiger partial charge in [-0.25, -0.2) is 4.79 Å². The van der Waals surface area contributed by atoms with Gasteiger partial charge in [0.05, 0.1) is 0 Å². The first-order valence-electron chi connectivity index (χ1n) is 8.85. The van der Waals surface area contributed by atoms with E-state index in [1.54, 1.807) is 0 Å². The average Bonchev–Trinajstić information content (AvgIpc) is 3.10. The summed E-state index contributed by atoms with van der Waals surface area (Å²) >= 11 is 0. The van der Waals surface area contributed by atoms with E-state index < -0.39 is 6.09 Å². The number of benzene rings is 1. The largest absolute Gasteiger partial charge is 0.492 e. The van der Waals surface area contributed by atoms with Crippen molar-refractivity contribution in [2.75, 3.05) is 52.4 Å². The molecule has 0 aliphatic carbocycles. The summed E-state index contributed by atoms with van der Waals surface area (Å²) < 4.78 is 5.83. The van der Waals surface area contributed by atoms with Crippen LogP contribution in [0.15, 0.2) is 24.3 Å². The molecule has 0 spiro atoms. The van der Waals surface area contributed by atoms with E-state index in [-0.39, 0.29) is 0 Å². The SMILES string of the molecule is O=C(O)N1CCN(Cc2ccc(OCCN3CCCC3)cc2)CC1. The second-order valence-corrected chi connectivity index (χ2v) is 6.59. The molecule has 2 saturated heterocycles. The van der Waals surface area contributed by atoms with Crippen molar-refractivity contribution >= 4 is 6.09 Å². The molecule has 1 aromatic rings. The number of rotatable bonds is 6. The fourth-order valence-corrected chi connectivity index (χ4v) is 3.35. The van der Waals surface area contributed by atoms with Crippen LogP contribution in [0.1, 0.15) is 18.4 Å². The molecule has 1 aromatic carbocycles. The first kappa shape index (κ1) is 17.0. The minimum atomic E-state index is -0.815. The predicted octanol–water partition coefficient (Wildman–Crippen LogP) is 1.96. The number of piperazine rings is 1. The summed E-state index contributed by atoms with van der Waals surface area (Å²) in [5, 5.41) is 8.98. The highest BCUT2D eigenvalue weighted by molar-refractivity contribution is 5.65. The van der Waals surface area contributed by atoms with Gasteiger partial charge in [-0.15, -0.1) is 0 Å². The van der Waals surface area contributed by atoms with Crippen LogP contribution in [0.3, 0.4) is 0 Å². The van der Waals surface area contributed by atoms with Crippen LogP contribution in [0.25, 0.3) is 0 Å². The van der Waals surface area contributed by atoms with Crippen molar-refractivity contribution < 1.29 is 14.6 Å². The topological polar surface area (TPSA) is 56.3 Å². The lowest BCUT2D eigenvalue weighted by Crippen LogP contribution is -2.47. The zero-order valence-corrected chi connectivity index (χ0v) is 14.2. The highest BCUT2D eigenvalue weighted by Crippen LogP contribution is 2.15. The summed E-state index contributed by atoms with van der Waals surface area (Å²) in [6, 6.07) is 8.28. The van der Waals surface area contributed by atoms with Crippen LogP contribution in [0.4, 0.5) is 4.79 Å². The van der Waals surface area contributed by atoms with Crippen LogP contribution < -0.4 is 4.74 Å². The Balaban J connectivity index is 1.39. The van der Waals surface area contributed by atoms with Crippen molar-refractivity contribution in [2.45, 2.75) is 19.4 Å². The highest BCUT2D eigenvalue weighted by atomic mass is 16.5. The molecule has 1 amide bonds. The summed E-state index contributed by atoms with van der Waals surface area (Å²) in [6.45, 7) is 7.79. The molecule has 0 unspecified atom stereocenters. The van der Waals surface area contributed by atoms with Gasteiger partial charge in [-0.05, 0) is 43.6 Å². The molecule has 0 saturated carbocycles. The van der Waals surface area contributed by atoms with Crippen LogP contribution >= 0.6 is 0 Å². The second-order valence-electron chi connectivity index (χ2n) is 6.59. The zero-order chi connectivity index (χ0) is 16.8. The van der Waals surface area contributed by atoms with Gasteiger partial charge in [0.1, 0.15) is 12.4 Å². The number of ether oxygens (including phenoxy) is 1. The molecule has 6 heteroatoms. The maximum absolute atomic E-state index is 10.9. The third-order valence-corrected chi connectivity index (χ3v) is 4.85. The Labute approximate surface area is 143 Å². The van der Waals surface area contributed by atoms with Gasteiger partial charge in [-0.3, -0.25) is 9.80 Å². The molecule has 2 fully saturated rings. The molecule has 0 atom stereocenters. The Hall–Kier alpha value is -1.79. The monoisotopic (exact) mass is 333 g/mol. The molecule has 132 valence electrons. The van der Waals surface area contributed by atoms with Gasteiger partial charge < -0.3 is 14.7 Å². The van der Waals surface area contributed by atoms with E-state index >= 15 is 0 Å².